The lowest BCUT2D eigenvalue weighted by atomic mass is 10.1. The van der Waals surface area contributed by atoms with E-state index in [0.717, 1.165) is 0 Å². The van der Waals surface area contributed by atoms with Crippen molar-refractivity contribution in [3.05, 3.63) is 12.7 Å². The van der Waals surface area contributed by atoms with Crippen LogP contribution in [0.3, 0.4) is 0 Å². The number of unbranched alkanes of at least 4 members (excludes halogenated alkanes) is 5. The van der Waals surface area contributed by atoms with Crippen molar-refractivity contribution in [2.45, 2.75) is 57.9 Å². The summed E-state index contributed by atoms with van der Waals surface area (Å²) in [5, 5.41) is 3.26. The Hall–Kier alpha value is -0.300. The molecule has 13 heavy (non-hydrogen) atoms. The van der Waals surface area contributed by atoms with Gasteiger partial charge in [0.15, 0.2) is 0 Å². The predicted molar refractivity (Wildman–Crippen MR) is 61.0 cm³/mol. The van der Waals surface area contributed by atoms with E-state index < -0.39 is 0 Å². The molecule has 0 bridgehead atoms. The minimum atomic E-state index is 0.688. The lowest BCUT2D eigenvalue weighted by Gasteiger charge is -2.08. The highest BCUT2D eigenvalue weighted by Gasteiger charge is 1.96. The van der Waals surface area contributed by atoms with E-state index in [1.807, 2.05) is 13.1 Å². The van der Waals surface area contributed by atoms with Gasteiger partial charge in [-0.2, -0.15) is 0 Å². The van der Waals surface area contributed by atoms with Gasteiger partial charge in [0.25, 0.3) is 0 Å². The molecular formula is C12H25N. The molecule has 0 aliphatic carbocycles. The van der Waals surface area contributed by atoms with Crippen molar-refractivity contribution in [3.8, 4) is 0 Å². The summed E-state index contributed by atoms with van der Waals surface area (Å²) in [5.74, 6) is 0. The lowest BCUT2D eigenvalue weighted by Crippen LogP contribution is -2.20. The third kappa shape index (κ3) is 9.62. The van der Waals surface area contributed by atoms with Crippen LogP contribution in [-0.2, 0) is 0 Å². The fourth-order valence-corrected chi connectivity index (χ4v) is 1.41. The molecule has 0 amide bonds. The molecule has 0 aromatic carbocycles. The van der Waals surface area contributed by atoms with E-state index in [-0.39, 0.29) is 0 Å². The van der Waals surface area contributed by atoms with E-state index in [4.69, 9.17) is 0 Å². The third-order valence-electron chi connectivity index (χ3n) is 2.54. The fraction of sp³-hybridized carbons (Fsp3) is 0.833. The summed E-state index contributed by atoms with van der Waals surface area (Å²) in [6.07, 6.45) is 11.4. The van der Waals surface area contributed by atoms with Gasteiger partial charge in [0.1, 0.15) is 0 Å². The molecule has 0 fully saturated rings. The van der Waals surface area contributed by atoms with Gasteiger partial charge in [-0.15, -0.1) is 6.58 Å². The van der Waals surface area contributed by atoms with E-state index in [0.29, 0.717) is 6.04 Å². The summed E-state index contributed by atoms with van der Waals surface area (Å²) in [4.78, 5) is 0. The van der Waals surface area contributed by atoms with Crippen molar-refractivity contribution in [2.75, 3.05) is 7.05 Å². The topological polar surface area (TPSA) is 12.0 Å². The molecule has 0 saturated carbocycles. The fourth-order valence-electron chi connectivity index (χ4n) is 1.41. The summed E-state index contributed by atoms with van der Waals surface area (Å²) < 4.78 is 0. The Labute approximate surface area is 83.6 Å². The Morgan fingerprint density at radius 2 is 1.77 bits per heavy atom. The van der Waals surface area contributed by atoms with Gasteiger partial charge >= 0.3 is 0 Å². The van der Waals surface area contributed by atoms with Gasteiger partial charge in [0.05, 0.1) is 0 Å². The highest BCUT2D eigenvalue weighted by atomic mass is 14.8. The first kappa shape index (κ1) is 12.7. The first-order valence-electron chi connectivity index (χ1n) is 5.59. The lowest BCUT2D eigenvalue weighted by molar-refractivity contribution is 0.510. The van der Waals surface area contributed by atoms with Crippen LogP contribution in [0.5, 0.6) is 0 Å². The molecule has 0 spiro atoms. The molecule has 1 N–H and O–H groups in total. The number of hydrogen-bond donors (Lipinski definition) is 1. The number of hydrogen-bond acceptors (Lipinski definition) is 1. The number of allylic oxidation sites excluding steroid dienone is 1. The molecule has 0 aliphatic heterocycles. The predicted octanol–water partition coefficient (Wildman–Crippen LogP) is 3.51. The van der Waals surface area contributed by atoms with Crippen molar-refractivity contribution in [1.82, 2.24) is 5.32 Å². The number of rotatable bonds is 9. The van der Waals surface area contributed by atoms with Crippen molar-refractivity contribution in [3.63, 3.8) is 0 Å². The maximum Gasteiger partial charge on any atom is 0.00357 e. The van der Waals surface area contributed by atoms with Crippen LogP contribution in [0.2, 0.25) is 0 Å². The largest absolute Gasteiger partial charge is 0.317 e. The van der Waals surface area contributed by atoms with Crippen LogP contribution >= 0.6 is 0 Å². The van der Waals surface area contributed by atoms with Gasteiger partial charge in [-0.25, -0.2) is 0 Å². The average Bonchev–Trinajstić information content (AvgIpc) is 2.16. The Morgan fingerprint density at radius 3 is 2.38 bits per heavy atom. The highest BCUT2D eigenvalue weighted by Crippen LogP contribution is 2.08. The van der Waals surface area contributed by atoms with E-state index in [2.05, 4.69) is 18.8 Å². The highest BCUT2D eigenvalue weighted by molar-refractivity contribution is 4.65. The molecule has 1 atom stereocenters. The van der Waals surface area contributed by atoms with Crippen LogP contribution in [0.15, 0.2) is 12.7 Å². The zero-order valence-corrected chi connectivity index (χ0v) is 9.31. The Bertz CT molecular complexity index is 110. The zero-order valence-electron chi connectivity index (χ0n) is 9.31. The summed E-state index contributed by atoms with van der Waals surface area (Å²) in [7, 11) is 2.04. The molecule has 0 saturated heterocycles. The molecule has 0 heterocycles. The van der Waals surface area contributed by atoms with Crippen LogP contribution in [0, 0.1) is 0 Å². The van der Waals surface area contributed by atoms with Crippen molar-refractivity contribution < 1.29 is 0 Å². The van der Waals surface area contributed by atoms with Gasteiger partial charge in [0, 0.05) is 6.04 Å². The van der Waals surface area contributed by atoms with Crippen LogP contribution in [-0.4, -0.2) is 13.1 Å². The van der Waals surface area contributed by atoms with Crippen LogP contribution < -0.4 is 5.32 Å². The molecule has 0 rings (SSSR count). The smallest absolute Gasteiger partial charge is 0.00357 e. The molecule has 78 valence electrons. The second-order valence-corrected chi connectivity index (χ2v) is 3.82. The van der Waals surface area contributed by atoms with Gasteiger partial charge in [-0.05, 0) is 33.2 Å². The van der Waals surface area contributed by atoms with E-state index in [9.17, 15) is 0 Å². The van der Waals surface area contributed by atoms with E-state index >= 15 is 0 Å². The standard InChI is InChI=1S/C12H25N/c1-4-5-6-7-8-9-10-11-12(2)13-3/h4,12-13H,1,5-11H2,2-3H3. The Kier molecular flexibility index (Phi) is 9.56. The first-order valence-corrected chi connectivity index (χ1v) is 5.59. The molecule has 1 nitrogen and oxygen atoms in total. The Morgan fingerprint density at radius 1 is 1.15 bits per heavy atom. The normalized spacial score (nSPS) is 12.8. The van der Waals surface area contributed by atoms with Gasteiger partial charge in [-0.3, -0.25) is 0 Å². The van der Waals surface area contributed by atoms with Gasteiger partial charge in [0.2, 0.25) is 0 Å². The summed E-state index contributed by atoms with van der Waals surface area (Å²) in [6.45, 7) is 5.97. The summed E-state index contributed by atoms with van der Waals surface area (Å²) in [6, 6.07) is 0.688. The van der Waals surface area contributed by atoms with Crippen molar-refractivity contribution in [2.24, 2.45) is 0 Å². The van der Waals surface area contributed by atoms with Crippen LogP contribution in [0.4, 0.5) is 0 Å². The second kappa shape index (κ2) is 9.79. The zero-order chi connectivity index (χ0) is 9.94. The first-order chi connectivity index (χ1) is 6.31. The van der Waals surface area contributed by atoms with Crippen LogP contribution in [0.1, 0.15) is 51.9 Å². The Balaban J connectivity index is 2.95. The van der Waals surface area contributed by atoms with E-state index in [1.54, 1.807) is 0 Å². The number of nitrogens with one attached hydrogen (secondary N) is 1. The monoisotopic (exact) mass is 183 g/mol. The molecule has 1 heteroatoms. The molecular weight excluding hydrogens is 158 g/mol. The maximum absolute atomic E-state index is 3.72. The summed E-state index contributed by atoms with van der Waals surface area (Å²) >= 11 is 0. The van der Waals surface area contributed by atoms with Gasteiger partial charge in [-0.1, -0.05) is 31.8 Å². The minimum absolute atomic E-state index is 0.688. The molecule has 0 radical (unpaired) electrons. The molecule has 0 aromatic rings. The summed E-state index contributed by atoms with van der Waals surface area (Å²) in [5.41, 5.74) is 0. The second-order valence-electron chi connectivity index (χ2n) is 3.82. The van der Waals surface area contributed by atoms with Crippen LogP contribution in [0.25, 0.3) is 0 Å². The quantitative estimate of drug-likeness (QED) is 0.426. The van der Waals surface area contributed by atoms with Crippen molar-refractivity contribution >= 4 is 0 Å². The minimum Gasteiger partial charge on any atom is -0.317 e. The average molecular weight is 183 g/mol. The maximum atomic E-state index is 3.72. The molecule has 0 aromatic heterocycles. The van der Waals surface area contributed by atoms with Crippen molar-refractivity contribution in [1.29, 1.82) is 0 Å². The molecule has 1 unspecified atom stereocenters. The molecule has 0 aliphatic rings. The van der Waals surface area contributed by atoms with Gasteiger partial charge < -0.3 is 5.32 Å². The third-order valence-corrected chi connectivity index (χ3v) is 2.54. The van der Waals surface area contributed by atoms with E-state index in [1.165, 1.54) is 44.9 Å². The SMILES string of the molecule is C=CCCCCCCCC(C)NC.